The predicted octanol–water partition coefficient (Wildman–Crippen LogP) is 14.0. The molecular weight excluding hydrogens is 761 g/mol. The average molecular weight is 859 g/mol. The molecule has 9 nitrogen and oxygen atoms in total. The first-order valence-corrected chi connectivity index (χ1v) is 26.2. The fraction of sp³-hybridized carbons (Fsp3) is 0.885. The molecule has 0 aliphatic heterocycles. The summed E-state index contributed by atoms with van der Waals surface area (Å²) in [6.45, 7) is 12.7. The third-order valence-electron chi connectivity index (χ3n) is 12.5. The molecule has 3 N–H and O–H groups in total. The zero-order chi connectivity index (χ0) is 44.6. The number of hydrogen-bond donors (Lipinski definition) is 3. The highest BCUT2D eigenvalue weighted by Crippen LogP contribution is 2.20. The van der Waals surface area contributed by atoms with E-state index in [1.165, 1.54) is 128 Å². The van der Waals surface area contributed by atoms with Crippen molar-refractivity contribution in [2.24, 2.45) is 0 Å². The molecule has 61 heavy (non-hydrogen) atoms. The molecular formula is C52H98N4O5. The molecule has 0 aliphatic carbocycles. The fourth-order valence-electron chi connectivity index (χ4n) is 8.51. The molecule has 1 rings (SSSR count). The predicted molar refractivity (Wildman–Crippen MR) is 263 cm³/mol. The van der Waals surface area contributed by atoms with E-state index in [-0.39, 0.29) is 18.2 Å². The largest absolute Gasteiger partial charge is 0.478 e. The number of nitrogens with zero attached hydrogens (tertiary/aromatic N) is 1. The fourth-order valence-corrected chi connectivity index (χ4v) is 8.51. The summed E-state index contributed by atoms with van der Waals surface area (Å²) in [7, 11) is 1.68. The van der Waals surface area contributed by atoms with Crippen LogP contribution in [0.3, 0.4) is 0 Å². The Labute approximate surface area is 375 Å². The Morgan fingerprint density at radius 1 is 0.508 bits per heavy atom. The van der Waals surface area contributed by atoms with Crippen molar-refractivity contribution in [3.05, 3.63) is 20.4 Å². The summed E-state index contributed by atoms with van der Waals surface area (Å²) in [4.78, 5) is 39.2. The first kappa shape index (κ1) is 56.6. The van der Waals surface area contributed by atoms with E-state index in [9.17, 15) is 14.4 Å². The number of anilines is 2. The van der Waals surface area contributed by atoms with Gasteiger partial charge in [-0.15, -0.1) is 0 Å². The smallest absolute Gasteiger partial charge is 0.306 e. The minimum absolute atomic E-state index is 0.00264. The summed E-state index contributed by atoms with van der Waals surface area (Å²) in [5.41, 5.74) is -0.0275. The number of esters is 1. The molecule has 9 heteroatoms. The second-order valence-electron chi connectivity index (χ2n) is 18.2. The van der Waals surface area contributed by atoms with Gasteiger partial charge in [0.05, 0.1) is 6.10 Å². The first-order valence-electron chi connectivity index (χ1n) is 26.2. The summed E-state index contributed by atoms with van der Waals surface area (Å²) in [5, 5.41) is 14.4. The molecule has 0 bridgehead atoms. The van der Waals surface area contributed by atoms with Crippen molar-refractivity contribution in [3.8, 4) is 0 Å². The lowest BCUT2D eigenvalue weighted by Gasteiger charge is -2.23. The van der Waals surface area contributed by atoms with Gasteiger partial charge in [0.1, 0.15) is 17.5 Å². The Balaban J connectivity index is 2.41. The van der Waals surface area contributed by atoms with E-state index in [1.54, 1.807) is 7.05 Å². The van der Waals surface area contributed by atoms with Crippen LogP contribution in [-0.2, 0) is 14.3 Å². The molecule has 1 aromatic rings. The van der Waals surface area contributed by atoms with Gasteiger partial charge in [-0.3, -0.25) is 19.8 Å². The van der Waals surface area contributed by atoms with Gasteiger partial charge in [-0.1, -0.05) is 163 Å². The Bertz CT molecular complexity index is 1230. The summed E-state index contributed by atoms with van der Waals surface area (Å²) in [6, 6.07) is 0. The molecule has 1 unspecified atom stereocenters. The zero-order valence-electron chi connectivity index (χ0n) is 40.7. The molecule has 0 radical (unpaired) electrons. The van der Waals surface area contributed by atoms with Crippen molar-refractivity contribution >= 4 is 23.2 Å². The van der Waals surface area contributed by atoms with Crippen molar-refractivity contribution in [1.29, 1.82) is 5.41 Å². The van der Waals surface area contributed by atoms with E-state index < -0.39 is 10.9 Å². The number of rotatable bonds is 46. The zero-order valence-corrected chi connectivity index (χ0v) is 40.7. The highest BCUT2D eigenvalue weighted by Gasteiger charge is 2.19. The minimum Gasteiger partial charge on any atom is -0.478 e. The van der Waals surface area contributed by atoms with Gasteiger partial charge in [-0.25, -0.2) is 0 Å². The van der Waals surface area contributed by atoms with Crippen LogP contribution in [0.15, 0.2) is 9.59 Å². The third kappa shape index (κ3) is 30.3. The van der Waals surface area contributed by atoms with Crippen molar-refractivity contribution in [1.82, 2.24) is 4.90 Å². The van der Waals surface area contributed by atoms with Crippen LogP contribution in [-0.4, -0.2) is 62.2 Å². The molecule has 1 atom stereocenters. The topological polar surface area (TPSA) is 121 Å². The summed E-state index contributed by atoms with van der Waals surface area (Å²) in [5.74, 6) is 0.470. The van der Waals surface area contributed by atoms with E-state index in [0.717, 1.165) is 110 Å². The maximum absolute atomic E-state index is 12.9. The maximum atomic E-state index is 12.9. The molecule has 1 aromatic carbocycles. The first-order chi connectivity index (χ1) is 29.8. The second-order valence-corrected chi connectivity index (χ2v) is 18.2. The summed E-state index contributed by atoms with van der Waals surface area (Å²) >= 11 is 0. The average Bonchev–Trinajstić information content (AvgIpc) is 3.26. The number of carbonyl (C=O) groups excluding carboxylic acids is 1. The van der Waals surface area contributed by atoms with Gasteiger partial charge >= 0.3 is 5.97 Å². The van der Waals surface area contributed by atoms with E-state index in [2.05, 4.69) is 43.2 Å². The van der Waals surface area contributed by atoms with Crippen molar-refractivity contribution < 1.29 is 14.3 Å². The van der Waals surface area contributed by atoms with Crippen LogP contribution in [0.5, 0.6) is 0 Å². The van der Waals surface area contributed by atoms with Crippen LogP contribution in [0.2, 0.25) is 0 Å². The monoisotopic (exact) mass is 859 g/mol. The number of nitrogens with one attached hydrogen (secondary N) is 3. The van der Waals surface area contributed by atoms with Crippen LogP contribution in [0.1, 0.15) is 252 Å². The van der Waals surface area contributed by atoms with Crippen LogP contribution >= 0.6 is 0 Å². The molecule has 0 aliphatic rings. The van der Waals surface area contributed by atoms with Crippen LogP contribution < -0.4 is 21.5 Å². The van der Waals surface area contributed by atoms with Gasteiger partial charge in [-0.2, -0.15) is 0 Å². The van der Waals surface area contributed by atoms with Crippen molar-refractivity contribution in [3.63, 3.8) is 0 Å². The van der Waals surface area contributed by atoms with Crippen LogP contribution in [0.4, 0.5) is 11.4 Å². The molecule has 356 valence electrons. The molecule has 0 amide bonds. The Morgan fingerprint density at radius 2 is 0.918 bits per heavy atom. The van der Waals surface area contributed by atoms with Gasteiger partial charge in [0.2, 0.25) is 0 Å². The Hall–Kier alpha value is -2.42. The lowest BCUT2D eigenvalue weighted by Crippen LogP contribution is -2.37. The quantitative estimate of drug-likeness (QED) is 0.0195. The minimum atomic E-state index is -0.433. The summed E-state index contributed by atoms with van der Waals surface area (Å²) < 4.78 is 12.1. The number of ether oxygens (including phenoxy) is 2. The van der Waals surface area contributed by atoms with Gasteiger partial charge in [0.15, 0.2) is 5.90 Å². The number of unbranched alkanes of at least 4 members (excludes halogenated alkanes) is 23. The van der Waals surface area contributed by atoms with E-state index >= 15 is 0 Å². The highest BCUT2D eigenvalue weighted by atomic mass is 16.5. The second kappa shape index (κ2) is 40.4. The molecule has 0 fully saturated rings. The maximum Gasteiger partial charge on any atom is 0.306 e. The third-order valence-corrected chi connectivity index (χ3v) is 12.5. The van der Waals surface area contributed by atoms with Gasteiger partial charge in [0, 0.05) is 26.4 Å². The molecule has 0 saturated heterocycles. The SMILES string of the molecule is CCCCCCCCC(CC)OC(=N)CCCCCCCN(CCCCCCCC(=O)OC(CCCCCCCC)CCCCCCCC)CCCNc1c(NC)c(=O)c1=O. The number of hydrogen-bond acceptors (Lipinski definition) is 9. The van der Waals surface area contributed by atoms with Crippen LogP contribution in [0.25, 0.3) is 0 Å². The van der Waals surface area contributed by atoms with Crippen molar-refractivity contribution in [2.75, 3.05) is 43.9 Å². The van der Waals surface area contributed by atoms with Crippen molar-refractivity contribution in [2.45, 2.75) is 265 Å². The lowest BCUT2D eigenvalue weighted by atomic mass is 10.0. The Kier molecular flexibility index (Phi) is 37.4. The highest BCUT2D eigenvalue weighted by molar-refractivity contribution is 5.73. The molecule has 0 aromatic heterocycles. The van der Waals surface area contributed by atoms with E-state index in [0.29, 0.717) is 30.2 Å². The van der Waals surface area contributed by atoms with Gasteiger partial charge in [-0.05, 0) is 96.7 Å². The molecule has 0 spiro atoms. The molecule has 0 saturated carbocycles. The van der Waals surface area contributed by atoms with E-state index in [1.807, 2.05) is 0 Å². The standard InChI is InChI=1S/C52H98N4O5/c1-6-10-13-16-21-28-36-45(9-4)60-47(53)39-31-24-19-26-33-42-56(44-35-41-55-50-49(54-5)51(58)52(50)59)43-34-27-20-25-32-40-48(57)61-46(37-29-22-17-14-11-7-2)38-30-23-18-15-12-8-3/h45-46,53-55H,6-44H2,1-5H3. The van der Waals surface area contributed by atoms with Crippen LogP contribution in [0, 0.1) is 5.41 Å². The normalized spacial score (nSPS) is 12.1. The lowest BCUT2D eigenvalue weighted by molar-refractivity contribution is -0.150. The Morgan fingerprint density at radius 3 is 1.41 bits per heavy atom. The van der Waals surface area contributed by atoms with Gasteiger partial charge in [0.25, 0.3) is 10.9 Å². The summed E-state index contributed by atoms with van der Waals surface area (Å²) in [6.07, 6.45) is 40.6. The molecule has 0 heterocycles. The van der Waals surface area contributed by atoms with E-state index in [4.69, 9.17) is 14.9 Å². The van der Waals surface area contributed by atoms with Gasteiger partial charge < -0.3 is 25.0 Å². The number of carbonyl (C=O) groups is 1.